The van der Waals surface area contributed by atoms with Crippen LogP contribution in [0, 0.1) is 0 Å². The first kappa shape index (κ1) is 14.1. The molecule has 0 bridgehead atoms. The summed E-state index contributed by atoms with van der Waals surface area (Å²) in [5.74, 6) is -0.439. The molecule has 0 spiro atoms. The Balaban J connectivity index is 2.37. The summed E-state index contributed by atoms with van der Waals surface area (Å²) in [7, 11) is 0. The van der Waals surface area contributed by atoms with Crippen molar-refractivity contribution in [3.05, 3.63) is 59.8 Å². The standard InChI is InChI=1S/C16H18N2O2/c1-12(2)18(11-13-7-4-3-5-8-13)15-14(16(19)20)9-6-10-17-15/h3-10,12H,11H2,1-2H3,(H,19,20). The summed E-state index contributed by atoms with van der Waals surface area (Å²) in [6.45, 7) is 4.70. The molecule has 0 aliphatic carbocycles. The molecule has 0 aliphatic heterocycles. The van der Waals surface area contributed by atoms with Crippen molar-refractivity contribution >= 4 is 11.8 Å². The van der Waals surface area contributed by atoms with E-state index in [1.807, 2.05) is 49.1 Å². The first-order chi connectivity index (χ1) is 9.59. The number of carboxylic acids is 1. The van der Waals surface area contributed by atoms with Gasteiger partial charge in [0.05, 0.1) is 0 Å². The lowest BCUT2D eigenvalue weighted by molar-refractivity contribution is 0.0697. The summed E-state index contributed by atoms with van der Waals surface area (Å²) in [6.07, 6.45) is 1.63. The van der Waals surface area contributed by atoms with E-state index in [9.17, 15) is 9.90 Å². The molecular formula is C16H18N2O2. The van der Waals surface area contributed by atoms with E-state index in [1.165, 1.54) is 0 Å². The molecule has 1 N–H and O–H groups in total. The zero-order valence-electron chi connectivity index (χ0n) is 11.7. The van der Waals surface area contributed by atoms with Crippen LogP contribution in [-0.2, 0) is 6.54 Å². The summed E-state index contributed by atoms with van der Waals surface area (Å²) >= 11 is 0. The minimum Gasteiger partial charge on any atom is -0.478 e. The molecule has 2 aromatic rings. The predicted molar refractivity (Wildman–Crippen MR) is 79.0 cm³/mol. The van der Waals surface area contributed by atoms with Crippen molar-refractivity contribution in [1.82, 2.24) is 4.98 Å². The highest BCUT2D eigenvalue weighted by molar-refractivity contribution is 5.93. The summed E-state index contributed by atoms with van der Waals surface area (Å²) in [5.41, 5.74) is 1.36. The second kappa shape index (κ2) is 6.19. The minimum absolute atomic E-state index is 0.156. The van der Waals surface area contributed by atoms with Crippen LogP contribution in [0.5, 0.6) is 0 Å². The van der Waals surface area contributed by atoms with Gasteiger partial charge in [0.25, 0.3) is 0 Å². The summed E-state index contributed by atoms with van der Waals surface area (Å²) in [4.78, 5) is 17.6. The molecule has 1 aromatic heterocycles. The van der Waals surface area contributed by atoms with Gasteiger partial charge in [-0.15, -0.1) is 0 Å². The highest BCUT2D eigenvalue weighted by atomic mass is 16.4. The van der Waals surface area contributed by atoms with E-state index in [-0.39, 0.29) is 11.6 Å². The fourth-order valence-corrected chi connectivity index (χ4v) is 2.07. The number of anilines is 1. The van der Waals surface area contributed by atoms with Crippen molar-refractivity contribution in [2.24, 2.45) is 0 Å². The van der Waals surface area contributed by atoms with Gasteiger partial charge in [-0.1, -0.05) is 30.3 Å². The lowest BCUT2D eigenvalue weighted by Gasteiger charge is -2.29. The van der Waals surface area contributed by atoms with Gasteiger partial charge in [0.2, 0.25) is 0 Å². The number of pyridine rings is 1. The average molecular weight is 270 g/mol. The third kappa shape index (κ3) is 3.15. The fraction of sp³-hybridized carbons (Fsp3) is 0.250. The average Bonchev–Trinajstić information content (AvgIpc) is 2.45. The van der Waals surface area contributed by atoms with Crippen molar-refractivity contribution in [1.29, 1.82) is 0 Å². The summed E-state index contributed by atoms with van der Waals surface area (Å²) in [5, 5.41) is 9.30. The van der Waals surface area contributed by atoms with E-state index in [0.29, 0.717) is 12.4 Å². The number of hydrogen-bond donors (Lipinski definition) is 1. The highest BCUT2D eigenvalue weighted by Crippen LogP contribution is 2.22. The maximum Gasteiger partial charge on any atom is 0.339 e. The normalized spacial score (nSPS) is 10.6. The van der Waals surface area contributed by atoms with E-state index in [1.54, 1.807) is 18.3 Å². The first-order valence-electron chi connectivity index (χ1n) is 6.58. The number of carboxylic acid groups (broad SMARTS) is 1. The van der Waals surface area contributed by atoms with E-state index >= 15 is 0 Å². The molecule has 0 atom stereocenters. The molecule has 20 heavy (non-hydrogen) atoms. The first-order valence-corrected chi connectivity index (χ1v) is 6.58. The van der Waals surface area contributed by atoms with Crippen LogP contribution in [0.15, 0.2) is 48.7 Å². The molecule has 0 amide bonds. The quantitative estimate of drug-likeness (QED) is 0.906. The SMILES string of the molecule is CC(C)N(Cc1ccccc1)c1ncccc1C(=O)O. The summed E-state index contributed by atoms with van der Waals surface area (Å²) in [6, 6.07) is 13.4. The van der Waals surface area contributed by atoms with Crippen LogP contribution in [-0.4, -0.2) is 22.1 Å². The van der Waals surface area contributed by atoms with Gasteiger partial charge in [-0.3, -0.25) is 0 Å². The van der Waals surface area contributed by atoms with Gasteiger partial charge in [0.15, 0.2) is 0 Å². The maximum atomic E-state index is 11.3. The second-order valence-corrected chi connectivity index (χ2v) is 4.89. The van der Waals surface area contributed by atoms with Gasteiger partial charge in [0.1, 0.15) is 11.4 Å². The summed E-state index contributed by atoms with van der Waals surface area (Å²) < 4.78 is 0. The predicted octanol–water partition coefficient (Wildman–Crippen LogP) is 3.19. The van der Waals surface area contributed by atoms with Crippen molar-refractivity contribution in [2.75, 3.05) is 4.90 Å². The molecule has 0 radical (unpaired) electrons. The second-order valence-electron chi connectivity index (χ2n) is 4.89. The monoisotopic (exact) mass is 270 g/mol. The molecule has 4 heteroatoms. The van der Waals surface area contributed by atoms with Crippen LogP contribution >= 0.6 is 0 Å². The lowest BCUT2D eigenvalue weighted by atomic mass is 10.1. The van der Waals surface area contributed by atoms with Crippen molar-refractivity contribution in [2.45, 2.75) is 26.4 Å². The number of aromatic nitrogens is 1. The molecule has 4 nitrogen and oxygen atoms in total. The number of benzene rings is 1. The molecule has 0 fully saturated rings. The van der Waals surface area contributed by atoms with Crippen LogP contribution in [0.4, 0.5) is 5.82 Å². The van der Waals surface area contributed by atoms with Crippen LogP contribution < -0.4 is 4.90 Å². The third-order valence-electron chi connectivity index (χ3n) is 3.11. The van der Waals surface area contributed by atoms with E-state index in [2.05, 4.69) is 4.98 Å². The number of rotatable bonds is 5. The molecule has 0 unspecified atom stereocenters. The maximum absolute atomic E-state index is 11.3. The van der Waals surface area contributed by atoms with Crippen LogP contribution in [0.2, 0.25) is 0 Å². The molecule has 0 aliphatic rings. The number of aromatic carboxylic acids is 1. The minimum atomic E-state index is -0.952. The Labute approximate surface area is 118 Å². The number of nitrogens with zero attached hydrogens (tertiary/aromatic N) is 2. The zero-order valence-corrected chi connectivity index (χ0v) is 11.7. The Morgan fingerprint density at radius 1 is 1.20 bits per heavy atom. The Bertz CT molecular complexity index is 582. The lowest BCUT2D eigenvalue weighted by Crippen LogP contribution is -2.32. The van der Waals surface area contributed by atoms with Gasteiger partial charge in [-0.2, -0.15) is 0 Å². The molecular weight excluding hydrogens is 252 g/mol. The smallest absolute Gasteiger partial charge is 0.339 e. The van der Waals surface area contributed by atoms with Gasteiger partial charge in [-0.25, -0.2) is 9.78 Å². The van der Waals surface area contributed by atoms with Gasteiger partial charge < -0.3 is 10.0 Å². The zero-order chi connectivity index (χ0) is 14.5. The Morgan fingerprint density at radius 3 is 2.50 bits per heavy atom. The number of hydrogen-bond acceptors (Lipinski definition) is 3. The molecule has 0 saturated heterocycles. The molecule has 104 valence electrons. The Morgan fingerprint density at radius 2 is 1.90 bits per heavy atom. The highest BCUT2D eigenvalue weighted by Gasteiger charge is 2.19. The third-order valence-corrected chi connectivity index (χ3v) is 3.11. The van der Waals surface area contributed by atoms with Gasteiger partial charge in [0, 0.05) is 18.8 Å². The van der Waals surface area contributed by atoms with Crippen LogP contribution in [0.1, 0.15) is 29.8 Å². The Kier molecular flexibility index (Phi) is 4.35. The largest absolute Gasteiger partial charge is 0.478 e. The topological polar surface area (TPSA) is 53.4 Å². The number of carbonyl (C=O) groups is 1. The van der Waals surface area contributed by atoms with Crippen molar-refractivity contribution in [3.63, 3.8) is 0 Å². The van der Waals surface area contributed by atoms with Gasteiger partial charge >= 0.3 is 5.97 Å². The van der Waals surface area contributed by atoms with E-state index in [4.69, 9.17) is 0 Å². The molecule has 2 rings (SSSR count). The van der Waals surface area contributed by atoms with E-state index < -0.39 is 5.97 Å². The van der Waals surface area contributed by atoms with Gasteiger partial charge in [-0.05, 0) is 31.5 Å². The molecule has 0 saturated carbocycles. The van der Waals surface area contributed by atoms with Crippen LogP contribution in [0.25, 0.3) is 0 Å². The van der Waals surface area contributed by atoms with Crippen LogP contribution in [0.3, 0.4) is 0 Å². The van der Waals surface area contributed by atoms with Crippen molar-refractivity contribution < 1.29 is 9.90 Å². The molecule has 1 aromatic carbocycles. The fourth-order valence-electron chi connectivity index (χ4n) is 2.07. The molecule has 1 heterocycles. The van der Waals surface area contributed by atoms with E-state index in [0.717, 1.165) is 5.56 Å². The van der Waals surface area contributed by atoms with Crippen molar-refractivity contribution in [3.8, 4) is 0 Å². The Hall–Kier alpha value is -2.36.